The highest BCUT2D eigenvalue weighted by molar-refractivity contribution is 7.99. The lowest BCUT2D eigenvalue weighted by Gasteiger charge is -2.22. The molecule has 0 aromatic heterocycles. The lowest BCUT2D eigenvalue weighted by molar-refractivity contribution is 0.0999. The van der Waals surface area contributed by atoms with Crippen molar-refractivity contribution in [2.75, 3.05) is 17.6 Å². The number of fused-ring (bicyclic) bond motifs is 4. The Morgan fingerprint density at radius 1 is 1.07 bits per heavy atom. The van der Waals surface area contributed by atoms with Crippen LogP contribution < -0.4 is 11.1 Å². The molecule has 0 saturated heterocycles. The third-order valence-corrected chi connectivity index (χ3v) is 6.39. The van der Waals surface area contributed by atoms with Crippen LogP contribution in [0.15, 0.2) is 53.4 Å². The van der Waals surface area contributed by atoms with Crippen molar-refractivity contribution in [2.45, 2.75) is 11.3 Å². The number of hydrogen-bond acceptors (Lipinski definition) is 3. The average Bonchev–Trinajstić information content (AvgIpc) is 3.06. The molecular formula is C22H17FN2OS. The lowest BCUT2D eigenvalue weighted by Crippen LogP contribution is -2.15. The molecule has 1 aliphatic carbocycles. The Morgan fingerprint density at radius 3 is 2.74 bits per heavy atom. The highest BCUT2D eigenvalue weighted by atomic mass is 32.2. The zero-order valence-corrected chi connectivity index (χ0v) is 15.3. The van der Waals surface area contributed by atoms with Gasteiger partial charge in [-0.1, -0.05) is 36.4 Å². The Bertz CT molecular complexity index is 1110. The van der Waals surface area contributed by atoms with Crippen molar-refractivity contribution in [2.24, 2.45) is 5.73 Å². The summed E-state index contributed by atoms with van der Waals surface area (Å²) in [6.45, 7) is 0.894. The predicted molar refractivity (Wildman–Crippen MR) is 108 cm³/mol. The number of carbonyl (C=O) groups is 1. The Balaban J connectivity index is 1.86. The number of amides is 1. The molecule has 3 aromatic rings. The normalized spacial score (nSPS) is 14.1. The quantitative estimate of drug-likeness (QED) is 0.534. The number of nitrogens with one attached hydrogen (secondary N) is 1. The molecular weight excluding hydrogens is 359 g/mol. The zero-order chi connectivity index (χ0) is 18.5. The molecule has 0 spiro atoms. The van der Waals surface area contributed by atoms with E-state index in [0.717, 1.165) is 50.7 Å². The summed E-state index contributed by atoms with van der Waals surface area (Å²) in [5.74, 6) is -0.0569. The predicted octanol–water partition coefficient (Wildman–Crippen LogP) is 4.68. The molecule has 0 atom stereocenters. The summed E-state index contributed by atoms with van der Waals surface area (Å²) in [6.07, 6.45) is 0.595. The summed E-state index contributed by atoms with van der Waals surface area (Å²) in [4.78, 5) is 13.0. The second-order valence-corrected chi connectivity index (χ2v) is 7.90. The van der Waals surface area contributed by atoms with E-state index in [1.54, 1.807) is 11.8 Å². The molecule has 0 saturated carbocycles. The number of halogens is 1. The van der Waals surface area contributed by atoms with Gasteiger partial charge in [0.25, 0.3) is 0 Å². The third-order valence-electron chi connectivity index (χ3n) is 5.25. The fourth-order valence-corrected chi connectivity index (χ4v) is 5.16. The van der Waals surface area contributed by atoms with Crippen molar-refractivity contribution in [1.82, 2.24) is 0 Å². The molecule has 2 aliphatic rings. The van der Waals surface area contributed by atoms with Gasteiger partial charge in [-0.15, -0.1) is 11.8 Å². The number of hydrogen-bond donors (Lipinski definition) is 2. The van der Waals surface area contributed by atoms with Gasteiger partial charge in [0.2, 0.25) is 5.91 Å². The molecule has 0 radical (unpaired) electrons. The van der Waals surface area contributed by atoms with E-state index in [2.05, 4.69) is 5.32 Å². The lowest BCUT2D eigenvalue weighted by atomic mass is 9.90. The maximum absolute atomic E-state index is 15.4. The van der Waals surface area contributed by atoms with Gasteiger partial charge in [0, 0.05) is 39.6 Å². The Morgan fingerprint density at radius 2 is 1.89 bits per heavy atom. The van der Waals surface area contributed by atoms with Crippen LogP contribution in [-0.4, -0.2) is 18.2 Å². The van der Waals surface area contributed by atoms with E-state index >= 15 is 4.39 Å². The third kappa shape index (κ3) is 2.46. The van der Waals surface area contributed by atoms with E-state index in [1.807, 2.05) is 42.5 Å². The van der Waals surface area contributed by atoms with Crippen molar-refractivity contribution in [1.29, 1.82) is 0 Å². The van der Waals surface area contributed by atoms with Crippen LogP contribution >= 0.6 is 11.8 Å². The SMILES string of the molecule is NC(=O)c1cc(F)c(-c2cccc3c2SCCN3)c2c1Cc1ccccc1-2. The molecule has 0 unspecified atom stereocenters. The summed E-state index contributed by atoms with van der Waals surface area (Å²) in [5.41, 5.74) is 12.0. The summed E-state index contributed by atoms with van der Waals surface area (Å²) in [5, 5.41) is 3.39. The zero-order valence-electron chi connectivity index (χ0n) is 14.5. The minimum Gasteiger partial charge on any atom is -0.383 e. The van der Waals surface area contributed by atoms with Gasteiger partial charge in [-0.25, -0.2) is 4.39 Å². The topological polar surface area (TPSA) is 55.1 Å². The van der Waals surface area contributed by atoms with Gasteiger partial charge in [0.05, 0.1) is 0 Å². The minimum absolute atomic E-state index is 0.276. The van der Waals surface area contributed by atoms with Gasteiger partial charge >= 0.3 is 0 Å². The first kappa shape index (κ1) is 16.4. The van der Waals surface area contributed by atoms with Gasteiger partial charge in [-0.05, 0) is 40.8 Å². The fraction of sp³-hybridized carbons (Fsp3) is 0.136. The van der Waals surface area contributed by atoms with Gasteiger partial charge < -0.3 is 11.1 Å². The van der Waals surface area contributed by atoms with Crippen LogP contribution in [0.1, 0.15) is 21.5 Å². The van der Waals surface area contributed by atoms with Crippen molar-refractivity contribution < 1.29 is 9.18 Å². The largest absolute Gasteiger partial charge is 0.383 e. The van der Waals surface area contributed by atoms with E-state index in [9.17, 15) is 4.79 Å². The number of benzene rings is 3. The highest BCUT2D eigenvalue weighted by Crippen LogP contribution is 2.49. The van der Waals surface area contributed by atoms with E-state index < -0.39 is 11.7 Å². The molecule has 5 rings (SSSR count). The first-order valence-corrected chi connectivity index (χ1v) is 9.87. The molecule has 1 amide bonds. The number of primary amides is 1. The van der Waals surface area contributed by atoms with Crippen LogP contribution in [0, 0.1) is 5.82 Å². The van der Waals surface area contributed by atoms with Crippen molar-refractivity contribution in [3.8, 4) is 22.3 Å². The van der Waals surface area contributed by atoms with Gasteiger partial charge in [-0.2, -0.15) is 0 Å². The fourth-order valence-electron chi connectivity index (χ4n) is 4.13. The first-order chi connectivity index (χ1) is 13.1. The second kappa shape index (κ2) is 6.13. The Labute approximate surface area is 160 Å². The minimum atomic E-state index is -0.587. The molecule has 3 nitrogen and oxygen atoms in total. The van der Waals surface area contributed by atoms with Crippen molar-refractivity contribution in [3.05, 3.63) is 71.0 Å². The van der Waals surface area contributed by atoms with Gasteiger partial charge in [0.15, 0.2) is 0 Å². The van der Waals surface area contributed by atoms with E-state index in [-0.39, 0.29) is 5.56 Å². The van der Waals surface area contributed by atoms with Crippen LogP contribution in [0.5, 0.6) is 0 Å². The summed E-state index contributed by atoms with van der Waals surface area (Å²) < 4.78 is 15.4. The molecule has 0 bridgehead atoms. The monoisotopic (exact) mass is 376 g/mol. The van der Waals surface area contributed by atoms with E-state index in [4.69, 9.17) is 5.73 Å². The van der Waals surface area contributed by atoms with Crippen LogP contribution in [-0.2, 0) is 6.42 Å². The van der Waals surface area contributed by atoms with Crippen molar-refractivity contribution in [3.63, 3.8) is 0 Å². The Hall–Kier alpha value is -2.79. The van der Waals surface area contributed by atoms with Crippen LogP contribution in [0.2, 0.25) is 0 Å². The number of thioether (sulfide) groups is 1. The van der Waals surface area contributed by atoms with E-state index in [0.29, 0.717) is 12.0 Å². The molecule has 0 fully saturated rings. The van der Waals surface area contributed by atoms with Gasteiger partial charge in [-0.3, -0.25) is 4.79 Å². The second-order valence-electron chi connectivity index (χ2n) is 6.79. The number of anilines is 1. The van der Waals surface area contributed by atoms with Crippen LogP contribution in [0.3, 0.4) is 0 Å². The number of rotatable bonds is 2. The molecule has 3 aromatic carbocycles. The van der Waals surface area contributed by atoms with Gasteiger partial charge in [0.1, 0.15) is 5.82 Å². The summed E-state index contributed by atoms with van der Waals surface area (Å²) >= 11 is 1.74. The number of carbonyl (C=O) groups excluding carboxylic acids is 1. The molecule has 134 valence electrons. The maximum Gasteiger partial charge on any atom is 0.249 e. The smallest absolute Gasteiger partial charge is 0.249 e. The average molecular weight is 376 g/mol. The maximum atomic E-state index is 15.4. The molecule has 1 heterocycles. The van der Waals surface area contributed by atoms with Crippen LogP contribution in [0.25, 0.3) is 22.3 Å². The molecule has 27 heavy (non-hydrogen) atoms. The Kier molecular flexibility index (Phi) is 3.72. The highest BCUT2D eigenvalue weighted by Gasteiger charge is 2.30. The molecule has 5 heteroatoms. The van der Waals surface area contributed by atoms with Crippen molar-refractivity contribution >= 4 is 23.4 Å². The van der Waals surface area contributed by atoms with E-state index in [1.165, 1.54) is 6.07 Å². The molecule has 1 aliphatic heterocycles. The number of nitrogens with two attached hydrogens (primary N) is 1. The molecule has 3 N–H and O–H groups in total. The first-order valence-electron chi connectivity index (χ1n) is 8.88. The standard InChI is InChI=1S/C22H17FN2OS/c23-17-11-16(22(24)26)15-10-12-4-1-2-5-13(12)19(15)20(17)14-6-3-7-18-21(14)27-9-8-25-18/h1-7,11,25H,8-10H2,(H2,24,26). The summed E-state index contributed by atoms with van der Waals surface area (Å²) in [6, 6.07) is 15.2. The summed E-state index contributed by atoms with van der Waals surface area (Å²) in [7, 11) is 0. The van der Waals surface area contributed by atoms with Crippen LogP contribution in [0.4, 0.5) is 10.1 Å².